The van der Waals surface area contributed by atoms with Crippen LogP contribution in [0.4, 0.5) is 5.95 Å². The van der Waals surface area contributed by atoms with Gasteiger partial charge >= 0.3 is 0 Å². The standard InChI is InChI=1S/C18H18BrN5/c1-2-12-6-8-13(9-7-12)16-11-17(14-4-3-5-15(19)10-14)24-18(20-16)21-22-23-24/h3-10,16-17H,2,11H2,1H3,(H,20,21,23)/t16-,17-/m0/s1. The molecule has 4 rings (SSSR count). The average molecular weight is 384 g/mol. The van der Waals surface area contributed by atoms with Crippen LogP contribution in [-0.2, 0) is 6.42 Å². The lowest BCUT2D eigenvalue weighted by Gasteiger charge is -2.31. The first-order valence-electron chi connectivity index (χ1n) is 8.13. The van der Waals surface area contributed by atoms with Gasteiger partial charge in [0, 0.05) is 4.47 Å². The van der Waals surface area contributed by atoms with Gasteiger partial charge in [0.05, 0.1) is 12.1 Å². The number of nitrogens with zero attached hydrogens (tertiary/aromatic N) is 4. The number of anilines is 1. The Balaban J connectivity index is 1.70. The summed E-state index contributed by atoms with van der Waals surface area (Å²) >= 11 is 3.56. The monoisotopic (exact) mass is 383 g/mol. The number of aromatic nitrogens is 4. The van der Waals surface area contributed by atoms with Gasteiger partial charge in [-0.1, -0.05) is 64.4 Å². The molecular weight excluding hydrogens is 366 g/mol. The normalized spacial score (nSPS) is 19.6. The zero-order valence-corrected chi connectivity index (χ0v) is 14.9. The van der Waals surface area contributed by atoms with E-state index >= 15 is 0 Å². The lowest BCUT2D eigenvalue weighted by atomic mass is 9.93. The van der Waals surface area contributed by atoms with Crippen LogP contribution in [0, 0.1) is 0 Å². The molecule has 24 heavy (non-hydrogen) atoms. The molecule has 0 spiro atoms. The first kappa shape index (κ1) is 15.3. The fraction of sp³-hybridized carbons (Fsp3) is 0.278. The zero-order chi connectivity index (χ0) is 16.5. The van der Waals surface area contributed by atoms with Crippen molar-refractivity contribution >= 4 is 21.9 Å². The Labute approximate surface area is 149 Å². The van der Waals surface area contributed by atoms with Gasteiger partial charge in [-0.25, -0.2) is 4.68 Å². The third-order valence-corrected chi connectivity index (χ3v) is 5.07. The molecule has 0 saturated carbocycles. The fourth-order valence-corrected chi connectivity index (χ4v) is 3.65. The highest BCUT2D eigenvalue weighted by Gasteiger charge is 2.30. The lowest BCUT2D eigenvalue weighted by Crippen LogP contribution is -2.28. The van der Waals surface area contributed by atoms with Crippen molar-refractivity contribution in [1.29, 1.82) is 0 Å². The van der Waals surface area contributed by atoms with Crippen LogP contribution >= 0.6 is 15.9 Å². The second-order valence-corrected chi connectivity index (χ2v) is 6.96. The van der Waals surface area contributed by atoms with Crippen LogP contribution in [0.15, 0.2) is 53.0 Å². The van der Waals surface area contributed by atoms with Crippen molar-refractivity contribution in [3.05, 3.63) is 69.7 Å². The summed E-state index contributed by atoms with van der Waals surface area (Å²) in [5, 5.41) is 15.6. The Hall–Kier alpha value is -2.21. The van der Waals surface area contributed by atoms with Gasteiger partial charge in [0.25, 0.3) is 0 Å². The highest BCUT2D eigenvalue weighted by molar-refractivity contribution is 9.10. The van der Waals surface area contributed by atoms with E-state index in [1.807, 2.05) is 10.7 Å². The maximum Gasteiger partial charge on any atom is 0.243 e. The number of halogens is 1. The van der Waals surface area contributed by atoms with Crippen molar-refractivity contribution in [2.75, 3.05) is 5.32 Å². The summed E-state index contributed by atoms with van der Waals surface area (Å²) in [4.78, 5) is 0. The highest BCUT2D eigenvalue weighted by Crippen LogP contribution is 2.37. The van der Waals surface area contributed by atoms with Crippen LogP contribution in [0.5, 0.6) is 0 Å². The van der Waals surface area contributed by atoms with E-state index in [2.05, 4.69) is 86.2 Å². The molecule has 0 unspecified atom stereocenters. The maximum absolute atomic E-state index is 4.18. The molecule has 3 aromatic rings. The molecule has 5 nitrogen and oxygen atoms in total. The molecule has 1 aromatic heterocycles. The van der Waals surface area contributed by atoms with E-state index < -0.39 is 0 Å². The molecule has 0 fully saturated rings. The van der Waals surface area contributed by atoms with Gasteiger partial charge in [0.2, 0.25) is 5.95 Å². The summed E-state index contributed by atoms with van der Waals surface area (Å²) in [6.07, 6.45) is 1.96. The Kier molecular flexibility index (Phi) is 4.06. The van der Waals surface area contributed by atoms with Crippen LogP contribution in [-0.4, -0.2) is 20.2 Å². The first-order chi connectivity index (χ1) is 11.7. The third-order valence-electron chi connectivity index (χ3n) is 4.57. The number of nitrogens with one attached hydrogen (secondary N) is 1. The van der Waals surface area contributed by atoms with Gasteiger partial charge in [-0.3, -0.25) is 0 Å². The molecule has 2 atom stereocenters. The van der Waals surface area contributed by atoms with E-state index in [9.17, 15) is 0 Å². The Morgan fingerprint density at radius 2 is 2.00 bits per heavy atom. The van der Waals surface area contributed by atoms with Crippen molar-refractivity contribution in [1.82, 2.24) is 20.2 Å². The van der Waals surface area contributed by atoms with Gasteiger partial charge in [-0.05, 0) is 52.1 Å². The van der Waals surface area contributed by atoms with Gasteiger partial charge in [0.15, 0.2) is 0 Å². The minimum Gasteiger partial charge on any atom is -0.346 e. The van der Waals surface area contributed by atoms with Crippen LogP contribution in [0.1, 0.15) is 42.1 Å². The summed E-state index contributed by atoms with van der Waals surface area (Å²) in [6.45, 7) is 2.17. The fourth-order valence-electron chi connectivity index (χ4n) is 3.23. The number of benzene rings is 2. The zero-order valence-electron chi connectivity index (χ0n) is 13.4. The molecular formula is C18H18BrN5. The number of hydrogen-bond donors (Lipinski definition) is 1. The predicted molar refractivity (Wildman–Crippen MR) is 96.9 cm³/mol. The molecule has 6 heteroatoms. The van der Waals surface area contributed by atoms with Crippen molar-refractivity contribution in [2.24, 2.45) is 0 Å². The quantitative estimate of drug-likeness (QED) is 0.737. The topological polar surface area (TPSA) is 55.6 Å². The lowest BCUT2D eigenvalue weighted by molar-refractivity contribution is 0.423. The molecule has 0 bridgehead atoms. The number of fused-ring (bicyclic) bond motifs is 1. The second-order valence-electron chi connectivity index (χ2n) is 6.05. The molecule has 2 aromatic carbocycles. The molecule has 1 aliphatic heterocycles. The van der Waals surface area contributed by atoms with Crippen LogP contribution in [0.2, 0.25) is 0 Å². The minimum atomic E-state index is 0.115. The molecule has 1 aliphatic rings. The van der Waals surface area contributed by atoms with Crippen molar-refractivity contribution in [3.63, 3.8) is 0 Å². The van der Waals surface area contributed by atoms with E-state index in [1.54, 1.807) is 0 Å². The molecule has 0 aliphatic carbocycles. The minimum absolute atomic E-state index is 0.115. The van der Waals surface area contributed by atoms with E-state index in [0.717, 1.165) is 23.3 Å². The SMILES string of the molecule is CCc1ccc([C@@H]2C[C@@H](c3cccc(Br)c3)n3nnnc3N2)cc1. The second kappa shape index (κ2) is 6.36. The predicted octanol–water partition coefficient (Wildman–Crippen LogP) is 4.14. The average Bonchev–Trinajstić information content (AvgIpc) is 3.09. The molecule has 2 heterocycles. The Bertz CT molecular complexity index is 843. The molecule has 1 N–H and O–H groups in total. The van der Waals surface area contributed by atoms with Crippen molar-refractivity contribution < 1.29 is 0 Å². The summed E-state index contributed by atoms with van der Waals surface area (Å²) < 4.78 is 2.94. The molecule has 122 valence electrons. The van der Waals surface area contributed by atoms with Gasteiger partial charge < -0.3 is 5.32 Å². The maximum atomic E-state index is 4.18. The van der Waals surface area contributed by atoms with E-state index in [4.69, 9.17) is 0 Å². The summed E-state index contributed by atoms with van der Waals surface area (Å²) in [5.74, 6) is 0.718. The van der Waals surface area contributed by atoms with E-state index in [-0.39, 0.29) is 12.1 Å². The summed E-state index contributed by atoms with van der Waals surface area (Å²) in [7, 11) is 0. The molecule has 0 saturated heterocycles. The van der Waals surface area contributed by atoms with Crippen molar-refractivity contribution in [3.8, 4) is 0 Å². The van der Waals surface area contributed by atoms with Crippen LogP contribution in [0.3, 0.4) is 0 Å². The van der Waals surface area contributed by atoms with Crippen molar-refractivity contribution in [2.45, 2.75) is 31.8 Å². The first-order valence-corrected chi connectivity index (χ1v) is 8.92. The summed E-state index contributed by atoms with van der Waals surface area (Å²) in [5.41, 5.74) is 3.82. The highest BCUT2D eigenvalue weighted by atomic mass is 79.9. The Morgan fingerprint density at radius 3 is 2.75 bits per heavy atom. The number of tetrazole rings is 1. The van der Waals surface area contributed by atoms with E-state index in [1.165, 1.54) is 16.7 Å². The molecule has 0 radical (unpaired) electrons. The Morgan fingerprint density at radius 1 is 1.17 bits per heavy atom. The molecule has 0 amide bonds. The van der Waals surface area contributed by atoms with Crippen LogP contribution < -0.4 is 5.32 Å². The summed E-state index contributed by atoms with van der Waals surface area (Å²) in [6, 6.07) is 17.5. The van der Waals surface area contributed by atoms with E-state index in [0.29, 0.717) is 0 Å². The number of hydrogen-bond acceptors (Lipinski definition) is 4. The van der Waals surface area contributed by atoms with Gasteiger partial charge in [-0.2, -0.15) is 0 Å². The smallest absolute Gasteiger partial charge is 0.243 e. The number of rotatable bonds is 3. The van der Waals surface area contributed by atoms with Gasteiger partial charge in [-0.15, -0.1) is 0 Å². The third kappa shape index (κ3) is 2.82. The van der Waals surface area contributed by atoms with Gasteiger partial charge in [0.1, 0.15) is 0 Å². The van der Waals surface area contributed by atoms with Crippen LogP contribution in [0.25, 0.3) is 0 Å². The largest absolute Gasteiger partial charge is 0.346 e. The number of aryl methyl sites for hydroxylation is 1.